The maximum absolute atomic E-state index is 5.31. The Morgan fingerprint density at radius 3 is 2.36 bits per heavy atom. The van der Waals surface area contributed by atoms with Crippen LogP contribution < -0.4 is 4.90 Å². The fraction of sp³-hybridized carbons (Fsp3) is 0.800. The number of hydrogen-bond donors (Lipinski definition) is 1. The van der Waals surface area contributed by atoms with E-state index in [1.165, 1.54) is 19.3 Å². The molecule has 0 amide bonds. The van der Waals surface area contributed by atoms with Crippen molar-refractivity contribution in [2.45, 2.75) is 45.2 Å². The Labute approximate surface area is 69.8 Å². The highest BCUT2D eigenvalue weighted by Crippen LogP contribution is 2.06. The van der Waals surface area contributed by atoms with Crippen LogP contribution in [0.1, 0.15) is 33.1 Å². The summed E-state index contributed by atoms with van der Waals surface area (Å²) in [7, 11) is 0. The average Bonchev–Trinajstić information content (AvgIpc) is 1.97. The van der Waals surface area contributed by atoms with E-state index in [-0.39, 0.29) is 0 Å². The third-order valence-electron chi connectivity index (χ3n) is 2.85. The lowest BCUT2D eigenvalue weighted by Crippen LogP contribution is -3.19. The third-order valence-corrected chi connectivity index (χ3v) is 2.85. The molecule has 0 spiro atoms. The minimum Gasteiger partial charge on any atom is -0.320 e. The first-order valence-electron chi connectivity index (χ1n) is 4.54. The smallest absolute Gasteiger partial charge is 0.139 e. The molecule has 0 bridgehead atoms. The molecular weight excluding hydrogens is 134 g/mol. The van der Waals surface area contributed by atoms with Crippen LogP contribution >= 0.6 is 0 Å². The number of piperidine rings is 1. The normalized spacial score (nSPS) is 38.1. The van der Waals surface area contributed by atoms with Gasteiger partial charge in [-0.05, 0) is 39.0 Å². The molecule has 11 heavy (non-hydrogen) atoms. The van der Waals surface area contributed by atoms with Crippen molar-refractivity contribution in [2.75, 3.05) is 6.54 Å². The van der Waals surface area contributed by atoms with Gasteiger partial charge in [-0.2, -0.15) is 0 Å². The van der Waals surface area contributed by atoms with E-state index in [0.29, 0.717) is 0 Å². The summed E-state index contributed by atoms with van der Waals surface area (Å²) in [6.45, 7) is 5.52. The van der Waals surface area contributed by atoms with Gasteiger partial charge in [-0.15, -0.1) is 6.42 Å². The molecule has 0 saturated carbocycles. The van der Waals surface area contributed by atoms with Crippen LogP contribution in [0, 0.1) is 12.3 Å². The zero-order chi connectivity index (χ0) is 8.27. The van der Waals surface area contributed by atoms with Crippen molar-refractivity contribution in [1.29, 1.82) is 0 Å². The van der Waals surface area contributed by atoms with Gasteiger partial charge in [-0.25, -0.2) is 0 Å². The van der Waals surface area contributed by atoms with Gasteiger partial charge in [0.1, 0.15) is 6.54 Å². The maximum Gasteiger partial charge on any atom is 0.139 e. The number of terminal acetylenes is 1. The maximum atomic E-state index is 5.31. The van der Waals surface area contributed by atoms with Crippen LogP contribution in [-0.2, 0) is 0 Å². The Hall–Kier alpha value is -0.480. The number of nitrogens with one attached hydrogen (secondary N) is 1. The van der Waals surface area contributed by atoms with Gasteiger partial charge < -0.3 is 4.90 Å². The van der Waals surface area contributed by atoms with E-state index in [4.69, 9.17) is 6.42 Å². The predicted molar refractivity (Wildman–Crippen MR) is 47.4 cm³/mol. The number of rotatable bonds is 1. The Balaban J connectivity index is 2.49. The summed E-state index contributed by atoms with van der Waals surface area (Å²) in [4.78, 5) is 1.61. The molecule has 1 fully saturated rings. The number of likely N-dealkylation sites (tertiary alicyclic amines) is 1. The standard InChI is InChI=1S/C10H17N/c1-4-8-11-9(2)6-5-7-10(11)3/h1,9-10H,5-8H2,2-3H3/p+1. The van der Waals surface area contributed by atoms with E-state index in [2.05, 4.69) is 19.8 Å². The topological polar surface area (TPSA) is 4.44 Å². The minimum absolute atomic E-state index is 0.773. The minimum atomic E-state index is 0.773. The first kappa shape index (κ1) is 8.62. The van der Waals surface area contributed by atoms with E-state index in [9.17, 15) is 0 Å². The van der Waals surface area contributed by atoms with Crippen LogP contribution in [0.4, 0.5) is 0 Å². The van der Waals surface area contributed by atoms with Crippen LogP contribution in [0.3, 0.4) is 0 Å². The zero-order valence-electron chi connectivity index (χ0n) is 7.56. The fourth-order valence-electron chi connectivity index (χ4n) is 2.05. The highest BCUT2D eigenvalue weighted by Gasteiger charge is 2.26. The molecule has 1 aliphatic heterocycles. The number of quaternary nitrogens is 1. The average molecular weight is 152 g/mol. The zero-order valence-corrected chi connectivity index (χ0v) is 7.56. The summed E-state index contributed by atoms with van der Waals surface area (Å²) in [5, 5.41) is 0. The molecule has 2 unspecified atom stereocenters. The molecule has 0 radical (unpaired) electrons. The van der Waals surface area contributed by atoms with E-state index in [1.807, 2.05) is 0 Å². The van der Waals surface area contributed by atoms with Crippen molar-refractivity contribution in [3.05, 3.63) is 0 Å². The summed E-state index contributed by atoms with van der Waals surface area (Å²) in [6, 6.07) is 1.55. The third kappa shape index (κ3) is 1.97. The Bertz CT molecular complexity index is 147. The first-order valence-corrected chi connectivity index (χ1v) is 4.54. The molecule has 1 saturated heterocycles. The van der Waals surface area contributed by atoms with Gasteiger partial charge >= 0.3 is 0 Å². The van der Waals surface area contributed by atoms with E-state index >= 15 is 0 Å². The van der Waals surface area contributed by atoms with Gasteiger partial charge in [0.05, 0.1) is 12.1 Å². The second-order valence-electron chi connectivity index (χ2n) is 3.69. The van der Waals surface area contributed by atoms with Crippen molar-refractivity contribution >= 4 is 0 Å². The predicted octanol–water partition coefficient (Wildman–Crippen LogP) is 0.465. The van der Waals surface area contributed by atoms with Gasteiger partial charge in [0.2, 0.25) is 0 Å². The molecular formula is C10H18N+. The van der Waals surface area contributed by atoms with Gasteiger partial charge in [0.25, 0.3) is 0 Å². The molecule has 1 nitrogen and oxygen atoms in total. The monoisotopic (exact) mass is 152 g/mol. The first-order chi connectivity index (χ1) is 5.25. The van der Waals surface area contributed by atoms with E-state index < -0.39 is 0 Å². The Morgan fingerprint density at radius 2 is 1.91 bits per heavy atom. The fourth-order valence-corrected chi connectivity index (χ4v) is 2.05. The second-order valence-corrected chi connectivity index (χ2v) is 3.69. The molecule has 1 rings (SSSR count). The summed E-state index contributed by atoms with van der Waals surface area (Å²) in [5.41, 5.74) is 0. The summed E-state index contributed by atoms with van der Waals surface area (Å²) < 4.78 is 0. The lowest BCUT2D eigenvalue weighted by Gasteiger charge is -2.34. The van der Waals surface area contributed by atoms with Crippen molar-refractivity contribution in [3.8, 4) is 12.3 Å². The van der Waals surface area contributed by atoms with Crippen molar-refractivity contribution in [2.24, 2.45) is 0 Å². The SMILES string of the molecule is C#CC[NH+]1C(C)CCCC1C. The van der Waals surface area contributed by atoms with E-state index in [0.717, 1.165) is 18.6 Å². The van der Waals surface area contributed by atoms with Crippen molar-refractivity contribution in [3.63, 3.8) is 0 Å². The molecule has 1 aliphatic rings. The molecule has 2 atom stereocenters. The molecule has 0 aliphatic carbocycles. The molecule has 62 valence electrons. The highest BCUT2D eigenvalue weighted by atomic mass is 15.2. The van der Waals surface area contributed by atoms with Crippen LogP contribution in [-0.4, -0.2) is 18.6 Å². The lowest BCUT2D eigenvalue weighted by atomic mass is 9.98. The van der Waals surface area contributed by atoms with E-state index in [1.54, 1.807) is 4.90 Å². The molecule has 0 aromatic carbocycles. The molecule has 0 aromatic heterocycles. The van der Waals surface area contributed by atoms with Crippen molar-refractivity contribution < 1.29 is 4.90 Å². The molecule has 1 heterocycles. The Morgan fingerprint density at radius 1 is 1.36 bits per heavy atom. The lowest BCUT2D eigenvalue weighted by molar-refractivity contribution is -0.944. The highest BCUT2D eigenvalue weighted by molar-refractivity contribution is 4.83. The summed E-state index contributed by atoms with van der Waals surface area (Å²) in [5.74, 6) is 2.76. The largest absolute Gasteiger partial charge is 0.320 e. The molecule has 1 N–H and O–H groups in total. The quantitative estimate of drug-likeness (QED) is 0.521. The van der Waals surface area contributed by atoms with Gasteiger partial charge in [-0.1, -0.05) is 0 Å². The van der Waals surface area contributed by atoms with Gasteiger partial charge in [0.15, 0.2) is 0 Å². The summed E-state index contributed by atoms with van der Waals surface area (Å²) >= 11 is 0. The summed E-state index contributed by atoms with van der Waals surface area (Å²) in [6.07, 6.45) is 9.40. The molecule has 0 aromatic rings. The molecule has 1 heteroatoms. The Kier molecular flexibility index (Phi) is 2.96. The van der Waals surface area contributed by atoms with Crippen LogP contribution in [0.25, 0.3) is 0 Å². The van der Waals surface area contributed by atoms with Crippen LogP contribution in [0.2, 0.25) is 0 Å². The van der Waals surface area contributed by atoms with Crippen molar-refractivity contribution in [1.82, 2.24) is 0 Å². The van der Waals surface area contributed by atoms with Crippen LogP contribution in [0.5, 0.6) is 0 Å². The number of hydrogen-bond acceptors (Lipinski definition) is 0. The van der Waals surface area contributed by atoms with Crippen LogP contribution in [0.15, 0.2) is 0 Å². The van der Waals surface area contributed by atoms with Gasteiger partial charge in [0, 0.05) is 0 Å². The second kappa shape index (κ2) is 3.78. The van der Waals surface area contributed by atoms with Gasteiger partial charge in [-0.3, -0.25) is 0 Å².